The highest BCUT2D eigenvalue weighted by Gasteiger charge is 2.48. The molecule has 0 aliphatic heterocycles. The van der Waals surface area contributed by atoms with Crippen LogP contribution in [0.25, 0.3) is 38.6 Å². The maximum atomic E-state index is 2.49. The molecule has 11 aromatic rings. The first-order valence-electron chi connectivity index (χ1n) is 22.0. The van der Waals surface area contributed by atoms with Crippen LogP contribution in [0.1, 0.15) is 22.3 Å². The second-order valence-electron chi connectivity index (χ2n) is 16.5. The lowest BCUT2D eigenvalue weighted by Gasteiger charge is -2.36. The van der Waals surface area contributed by atoms with Gasteiger partial charge < -0.3 is 14.4 Å². The molecule has 1 aliphatic carbocycles. The maximum Gasteiger partial charge on any atom is 0.0715 e. The van der Waals surface area contributed by atoms with Crippen LogP contribution in [0.5, 0.6) is 0 Å². The number of para-hydroxylation sites is 6. The molecule has 1 aromatic heterocycles. The molecule has 3 heteroatoms. The Hall–Kier alpha value is -8.40. The first-order chi connectivity index (χ1) is 31.8. The highest BCUT2D eigenvalue weighted by atomic mass is 15.2. The lowest BCUT2D eigenvalue weighted by molar-refractivity contribution is 0.770. The average molecular weight is 818 g/mol. The number of anilines is 6. The zero-order valence-corrected chi connectivity index (χ0v) is 35.2. The Bertz CT molecular complexity index is 3340. The van der Waals surface area contributed by atoms with Gasteiger partial charge in [0.05, 0.1) is 22.1 Å². The summed E-state index contributed by atoms with van der Waals surface area (Å²) >= 11 is 0. The molecular weight excluding hydrogens is 775 g/mol. The van der Waals surface area contributed by atoms with Gasteiger partial charge in [0.1, 0.15) is 0 Å². The van der Waals surface area contributed by atoms with Crippen LogP contribution in [0.3, 0.4) is 0 Å². The van der Waals surface area contributed by atoms with E-state index in [-0.39, 0.29) is 0 Å². The Kier molecular flexibility index (Phi) is 9.05. The molecule has 0 spiro atoms. The summed E-state index contributed by atoms with van der Waals surface area (Å²) in [6.45, 7) is 0. The Balaban J connectivity index is 1.24. The smallest absolute Gasteiger partial charge is 0.0715 e. The molecule has 0 bridgehead atoms. The summed E-state index contributed by atoms with van der Waals surface area (Å²) in [5.41, 5.74) is 16.7. The fourth-order valence-electron chi connectivity index (χ4n) is 10.4. The fourth-order valence-corrected chi connectivity index (χ4v) is 10.4. The number of nitrogens with zero attached hydrogens (tertiary/aromatic N) is 3. The van der Waals surface area contributed by atoms with E-state index in [9.17, 15) is 0 Å². The van der Waals surface area contributed by atoms with Crippen molar-refractivity contribution >= 4 is 55.9 Å². The van der Waals surface area contributed by atoms with Gasteiger partial charge in [0.25, 0.3) is 0 Å². The van der Waals surface area contributed by atoms with Crippen LogP contribution in [0.4, 0.5) is 34.1 Å². The summed E-state index contributed by atoms with van der Waals surface area (Å²) < 4.78 is 2.41. The molecule has 1 unspecified atom stereocenters. The van der Waals surface area contributed by atoms with E-state index >= 15 is 0 Å². The van der Waals surface area contributed by atoms with Crippen molar-refractivity contribution in [2.24, 2.45) is 0 Å². The molecular formula is C61H43N3. The number of aromatic nitrogens is 1. The van der Waals surface area contributed by atoms with E-state index in [1.807, 2.05) is 0 Å². The summed E-state index contributed by atoms with van der Waals surface area (Å²) in [7, 11) is 0. The summed E-state index contributed by atoms with van der Waals surface area (Å²) in [5.74, 6) is 0. The van der Waals surface area contributed by atoms with Crippen LogP contribution < -0.4 is 9.80 Å². The van der Waals surface area contributed by atoms with Crippen LogP contribution in [-0.4, -0.2) is 4.57 Å². The molecule has 12 rings (SSSR count). The summed E-state index contributed by atoms with van der Waals surface area (Å²) in [6.07, 6.45) is 0. The summed E-state index contributed by atoms with van der Waals surface area (Å²) in [4.78, 5) is 4.86. The van der Waals surface area contributed by atoms with Gasteiger partial charge in [0, 0.05) is 50.5 Å². The molecule has 0 radical (unpaired) electrons. The SMILES string of the molecule is c1ccc(N(c2ccccc2)c2cc(N(c3ccccc3)c3ccccc3)c3c(c2)C(c2ccccc2)(c2ccc4c(c2)c2ccccc2n4-c2ccccc2)c2ccccc2-3)cc1. The number of rotatable bonds is 9. The van der Waals surface area contributed by atoms with Crippen molar-refractivity contribution < 1.29 is 0 Å². The van der Waals surface area contributed by atoms with Gasteiger partial charge in [-0.05, 0) is 119 Å². The molecule has 10 aromatic carbocycles. The number of fused-ring (bicyclic) bond motifs is 6. The first-order valence-corrected chi connectivity index (χ1v) is 22.0. The lowest BCUT2D eigenvalue weighted by atomic mass is 9.67. The van der Waals surface area contributed by atoms with Crippen molar-refractivity contribution in [3.8, 4) is 16.8 Å². The minimum atomic E-state index is -0.708. The Morgan fingerprint density at radius 1 is 0.312 bits per heavy atom. The summed E-state index contributed by atoms with van der Waals surface area (Å²) in [5, 5.41) is 2.45. The third kappa shape index (κ3) is 5.90. The van der Waals surface area contributed by atoms with Crippen LogP contribution in [0, 0.1) is 0 Å². The molecule has 0 amide bonds. The minimum absolute atomic E-state index is 0.708. The second kappa shape index (κ2) is 15.5. The normalized spacial score (nSPS) is 14.0. The van der Waals surface area contributed by atoms with E-state index in [1.54, 1.807) is 0 Å². The molecule has 0 saturated carbocycles. The van der Waals surface area contributed by atoms with Gasteiger partial charge in [0.15, 0.2) is 0 Å². The molecule has 3 nitrogen and oxygen atoms in total. The third-order valence-electron chi connectivity index (χ3n) is 13.0. The number of hydrogen-bond acceptors (Lipinski definition) is 2. The van der Waals surface area contributed by atoms with Gasteiger partial charge in [-0.3, -0.25) is 0 Å². The van der Waals surface area contributed by atoms with Crippen molar-refractivity contribution in [2.75, 3.05) is 9.80 Å². The predicted molar refractivity (Wildman–Crippen MR) is 267 cm³/mol. The van der Waals surface area contributed by atoms with Crippen molar-refractivity contribution in [3.05, 3.63) is 283 Å². The van der Waals surface area contributed by atoms with E-state index in [0.717, 1.165) is 39.8 Å². The fraction of sp³-hybridized carbons (Fsp3) is 0.0164. The van der Waals surface area contributed by atoms with Crippen molar-refractivity contribution in [3.63, 3.8) is 0 Å². The van der Waals surface area contributed by atoms with Gasteiger partial charge in [-0.1, -0.05) is 170 Å². The predicted octanol–water partition coefficient (Wildman–Crippen LogP) is 16.1. The zero-order valence-electron chi connectivity index (χ0n) is 35.2. The van der Waals surface area contributed by atoms with Crippen LogP contribution >= 0.6 is 0 Å². The van der Waals surface area contributed by atoms with E-state index < -0.39 is 5.41 Å². The molecule has 0 N–H and O–H groups in total. The maximum absolute atomic E-state index is 2.49. The summed E-state index contributed by atoms with van der Waals surface area (Å²) in [6, 6.07) is 95.2. The largest absolute Gasteiger partial charge is 0.310 e. The van der Waals surface area contributed by atoms with Gasteiger partial charge in [-0.15, -0.1) is 0 Å². The Morgan fingerprint density at radius 2 is 0.797 bits per heavy atom. The lowest BCUT2D eigenvalue weighted by Crippen LogP contribution is -2.29. The van der Waals surface area contributed by atoms with Gasteiger partial charge in [-0.25, -0.2) is 0 Å². The van der Waals surface area contributed by atoms with Gasteiger partial charge in [-0.2, -0.15) is 0 Å². The van der Waals surface area contributed by atoms with E-state index in [4.69, 9.17) is 0 Å². The second-order valence-corrected chi connectivity index (χ2v) is 16.5. The van der Waals surface area contributed by atoms with Gasteiger partial charge >= 0.3 is 0 Å². The van der Waals surface area contributed by atoms with E-state index in [2.05, 4.69) is 275 Å². The van der Waals surface area contributed by atoms with Crippen LogP contribution in [0.15, 0.2) is 261 Å². The van der Waals surface area contributed by atoms with Crippen LogP contribution in [0.2, 0.25) is 0 Å². The van der Waals surface area contributed by atoms with Gasteiger partial charge in [0.2, 0.25) is 0 Å². The average Bonchev–Trinajstić information content (AvgIpc) is 3.86. The molecule has 1 heterocycles. The molecule has 1 aliphatic rings. The van der Waals surface area contributed by atoms with E-state index in [0.29, 0.717) is 0 Å². The monoisotopic (exact) mass is 817 g/mol. The van der Waals surface area contributed by atoms with Crippen molar-refractivity contribution in [2.45, 2.75) is 5.41 Å². The van der Waals surface area contributed by atoms with Crippen molar-refractivity contribution in [1.82, 2.24) is 4.57 Å². The standard InChI is InChI=1S/C61H43N3/c1-7-23-44(24-8-1)61(45-39-40-58-54(41-45)52-35-20-22-38-57(52)64(58)50-33-17-6-18-34-50)55-37-21-19-36-53(55)60-56(61)42-51(62(46-25-9-2-10-26-46)47-27-11-3-12-28-47)43-59(60)63(48-29-13-4-14-30-48)49-31-15-5-16-32-49/h1-43H. The molecule has 1 atom stereocenters. The Morgan fingerprint density at radius 3 is 1.41 bits per heavy atom. The molecule has 0 fully saturated rings. The van der Waals surface area contributed by atoms with E-state index in [1.165, 1.54) is 55.2 Å². The number of benzene rings is 10. The molecule has 64 heavy (non-hydrogen) atoms. The van der Waals surface area contributed by atoms with Crippen molar-refractivity contribution in [1.29, 1.82) is 0 Å². The highest BCUT2D eigenvalue weighted by molar-refractivity contribution is 6.10. The quantitative estimate of drug-likeness (QED) is 0.144. The topological polar surface area (TPSA) is 11.4 Å². The Labute approximate surface area is 374 Å². The molecule has 302 valence electrons. The highest BCUT2D eigenvalue weighted by Crippen LogP contribution is 2.61. The third-order valence-corrected chi connectivity index (χ3v) is 13.0. The van der Waals surface area contributed by atoms with Crippen LogP contribution in [-0.2, 0) is 5.41 Å². The number of hydrogen-bond donors (Lipinski definition) is 0. The minimum Gasteiger partial charge on any atom is -0.310 e. The zero-order chi connectivity index (χ0) is 42.5. The molecule has 0 saturated heterocycles. The first kappa shape index (κ1) is 37.4.